The fraction of sp³-hybridized carbons (Fsp3) is 0.118. The van der Waals surface area contributed by atoms with E-state index in [1.165, 1.54) is 0 Å². The van der Waals surface area contributed by atoms with Crippen molar-refractivity contribution < 1.29 is 14.6 Å². The SMILES string of the molecule is COc1ccc(Br)cc1-c1[nH]c2ccc(Br)cc2c1CC(=O)O. The first-order valence-corrected chi connectivity index (χ1v) is 8.44. The fourth-order valence-electron chi connectivity index (χ4n) is 2.66. The lowest BCUT2D eigenvalue weighted by molar-refractivity contribution is -0.136. The van der Waals surface area contributed by atoms with Crippen LogP contribution < -0.4 is 4.74 Å². The van der Waals surface area contributed by atoms with Crippen LogP contribution in [0.25, 0.3) is 22.2 Å². The first-order chi connectivity index (χ1) is 11.0. The van der Waals surface area contributed by atoms with Crippen LogP contribution in [0.2, 0.25) is 0 Å². The Hall–Kier alpha value is -1.79. The van der Waals surface area contributed by atoms with E-state index in [2.05, 4.69) is 36.8 Å². The summed E-state index contributed by atoms with van der Waals surface area (Å²) in [6, 6.07) is 11.4. The molecule has 0 aliphatic carbocycles. The summed E-state index contributed by atoms with van der Waals surface area (Å²) in [5.74, 6) is -0.188. The second-order valence-corrected chi connectivity index (χ2v) is 6.91. The molecule has 0 saturated carbocycles. The zero-order valence-corrected chi connectivity index (χ0v) is 15.4. The summed E-state index contributed by atoms with van der Waals surface area (Å²) < 4.78 is 7.24. The Labute approximate surface area is 149 Å². The van der Waals surface area contributed by atoms with Gasteiger partial charge in [0.15, 0.2) is 0 Å². The largest absolute Gasteiger partial charge is 0.496 e. The number of H-pyrrole nitrogens is 1. The molecule has 0 bridgehead atoms. The highest BCUT2D eigenvalue weighted by atomic mass is 79.9. The third-order valence-corrected chi connectivity index (χ3v) is 4.61. The van der Waals surface area contributed by atoms with E-state index in [9.17, 15) is 9.90 Å². The van der Waals surface area contributed by atoms with Gasteiger partial charge in [-0.05, 0) is 42.0 Å². The van der Waals surface area contributed by atoms with Gasteiger partial charge < -0.3 is 14.8 Å². The topological polar surface area (TPSA) is 62.3 Å². The second kappa shape index (κ2) is 6.37. The van der Waals surface area contributed by atoms with Crippen molar-refractivity contribution in [1.82, 2.24) is 4.98 Å². The Kier molecular flexibility index (Phi) is 4.46. The van der Waals surface area contributed by atoms with E-state index >= 15 is 0 Å². The number of fused-ring (bicyclic) bond motifs is 1. The highest BCUT2D eigenvalue weighted by molar-refractivity contribution is 9.10. The van der Waals surface area contributed by atoms with Crippen molar-refractivity contribution in [3.8, 4) is 17.0 Å². The smallest absolute Gasteiger partial charge is 0.307 e. The maximum absolute atomic E-state index is 11.3. The molecule has 0 atom stereocenters. The molecule has 0 radical (unpaired) electrons. The lowest BCUT2D eigenvalue weighted by atomic mass is 10.0. The molecule has 0 saturated heterocycles. The highest BCUT2D eigenvalue weighted by Crippen LogP contribution is 2.38. The van der Waals surface area contributed by atoms with Crippen molar-refractivity contribution >= 4 is 48.7 Å². The molecule has 0 aliphatic heterocycles. The van der Waals surface area contributed by atoms with E-state index in [4.69, 9.17) is 4.74 Å². The molecule has 0 spiro atoms. The molecule has 0 aliphatic rings. The summed E-state index contributed by atoms with van der Waals surface area (Å²) >= 11 is 6.90. The fourth-order valence-corrected chi connectivity index (χ4v) is 3.38. The van der Waals surface area contributed by atoms with E-state index in [-0.39, 0.29) is 6.42 Å². The molecule has 1 heterocycles. The highest BCUT2D eigenvalue weighted by Gasteiger charge is 2.19. The molecule has 2 aromatic carbocycles. The number of benzene rings is 2. The number of methoxy groups -OCH3 is 1. The van der Waals surface area contributed by atoms with Crippen LogP contribution in [-0.2, 0) is 11.2 Å². The zero-order chi connectivity index (χ0) is 16.6. The van der Waals surface area contributed by atoms with Gasteiger partial charge in [-0.3, -0.25) is 4.79 Å². The maximum Gasteiger partial charge on any atom is 0.307 e. The number of rotatable bonds is 4. The van der Waals surface area contributed by atoms with Gasteiger partial charge >= 0.3 is 5.97 Å². The Balaban J connectivity index is 2.32. The lowest BCUT2D eigenvalue weighted by Crippen LogP contribution is -2.01. The van der Waals surface area contributed by atoms with Gasteiger partial charge in [-0.1, -0.05) is 31.9 Å². The Morgan fingerprint density at radius 3 is 2.57 bits per heavy atom. The van der Waals surface area contributed by atoms with Crippen molar-refractivity contribution in [1.29, 1.82) is 0 Å². The summed E-state index contributed by atoms with van der Waals surface area (Å²) in [6.45, 7) is 0. The molecular weight excluding hydrogens is 426 g/mol. The van der Waals surface area contributed by atoms with Crippen LogP contribution in [0.4, 0.5) is 0 Å². The molecule has 23 heavy (non-hydrogen) atoms. The minimum absolute atomic E-state index is 0.0680. The molecule has 1 aromatic heterocycles. The van der Waals surface area contributed by atoms with Gasteiger partial charge in [0.1, 0.15) is 5.75 Å². The predicted octanol–water partition coefficient (Wildman–Crippen LogP) is 5.00. The van der Waals surface area contributed by atoms with Crippen molar-refractivity contribution in [2.75, 3.05) is 7.11 Å². The number of ether oxygens (including phenoxy) is 1. The van der Waals surface area contributed by atoms with E-state index in [0.29, 0.717) is 5.75 Å². The number of aromatic amines is 1. The third kappa shape index (κ3) is 3.14. The van der Waals surface area contributed by atoms with Gasteiger partial charge in [0.25, 0.3) is 0 Å². The minimum Gasteiger partial charge on any atom is -0.496 e. The van der Waals surface area contributed by atoms with Gasteiger partial charge in [0, 0.05) is 25.4 Å². The van der Waals surface area contributed by atoms with E-state index in [0.717, 1.165) is 36.7 Å². The molecule has 2 N–H and O–H groups in total. The lowest BCUT2D eigenvalue weighted by Gasteiger charge is -2.09. The molecule has 3 rings (SSSR count). The van der Waals surface area contributed by atoms with Gasteiger partial charge in [-0.25, -0.2) is 0 Å². The first kappa shape index (κ1) is 16.1. The number of aromatic nitrogens is 1. The van der Waals surface area contributed by atoms with Crippen LogP contribution in [0.1, 0.15) is 5.56 Å². The number of carbonyl (C=O) groups is 1. The molecule has 6 heteroatoms. The molecule has 0 unspecified atom stereocenters. The van der Waals surface area contributed by atoms with Crippen molar-refractivity contribution in [2.24, 2.45) is 0 Å². The van der Waals surface area contributed by atoms with Gasteiger partial charge in [0.2, 0.25) is 0 Å². The average molecular weight is 439 g/mol. The third-order valence-electron chi connectivity index (χ3n) is 3.63. The van der Waals surface area contributed by atoms with Crippen molar-refractivity contribution in [2.45, 2.75) is 6.42 Å². The predicted molar refractivity (Wildman–Crippen MR) is 97.0 cm³/mol. The molecular formula is C17H13Br2NO3. The Morgan fingerprint density at radius 2 is 1.87 bits per heavy atom. The number of hydrogen-bond acceptors (Lipinski definition) is 2. The normalized spacial score (nSPS) is 10.9. The molecule has 0 amide bonds. The number of nitrogens with one attached hydrogen (secondary N) is 1. The molecule has 3 aromatic rings. The van der Waals surface area contributed by atoms with Crippen LogP contribution in [0.5, 0.6) is 5.75 Å². The number of hydrogen-bond donors (Lipinski definition) is 2. The number of aliphatic carboxylic acids is 1. The van der Waals surface area contributed by atoms with Crippen LogP contribution in [0.15, 0.2) is 45.3 Å². The standard InChI is InChI=1S/C17H13Br2NO3/c1-23-15-5-3-10(19)7-13(15)17-12(8-16(21)22)11-6-9(18)2-4-14(11)20-17/h2-7,20H,8H2,1H3,(H,21,22). The average Bonchev–Trinajstić information content (AvgIpc) is 2.84. The van der Waals surface area contributed by atoms with E-state index < -0.39 is 5.97 Å². The summed E-state index contributed by atoms with van der Waals surface area (Å²) in [5.41, 5.74) is 3.22. The van der Waals surface area contributed by atoms with Crippen LogP contribution in [-0.4, -0.2) is 23.2 Å². The Bertz CT molecular complexity index is 902. The summed E-state index contributed by atoms with van der Waals surface area (Å²) in [7, 11) is 1.60. The monoisotopic (exact) mass is 437 g/mol. The van der Waals surface area contributed by atoms with Gasteiger partial charge in [-0.2, -0.15) is 0 Å². The summed E-state index contributed by atoms with van der Waals surface area (Å²) in [5, 5.41) is 10.2. The van der Waals surface area contributed by atoms with Crippen LogP contribution >= 0.6 is 31.9 Å². The van der Waals surface area contributed by atoms with Crippen molar-refractivity contribution in [3.63, 3.8) is 0 Å². The van der Waals surface area contributed by atoms with Crippen LogP contribution in [0, 0.1) is 0 Å². The van der Waals surface area contributed by atoms with E-state index in [1.54, 1.807) is 7.11 Å². The first-order valence-electron chi connectivity index (χ1n) is 6.85. The molecule has 4 nitrogen and oxygen atoms in total. The van der Waals surface area contributed by atoms with Gasteiger partial charge in [-0.15, -0.1) is 0 Å². The zero-order valence-electron chi connectivity index (χ0n) is 12.2. The number of carboxylic acids is 1. The number of carboxylic acid groups (broad SMARTS) is 1. The van der Waals surface area contributed by atoms with E-state index in [1.807, 2.05) is 36.4 Å². The molecule has 118 valence electrons. The minimum atomic E-state index is -0.874. The Morgan fingerprint density at radius 1 is 1.17 bits per heavy atom. The van der Waals surface area contributed by atoms with Gasteiger partial charge in [0.05, 0.1) is 19.2 Å². The summed E-state index contributed by atoms with van der Waals surface area (Å²) in [4.78, 5) is 14.7. The summed E-state index contributed by atoms with van der Waals surface area (Å²) in [6.07, 6.45) is -0.0680. The number of halogens is 2. The maximum atomic E-state index is 11.3. The quantitative estimate of drug-likeness (QED) is 0.602. The second-order valence-electron chi connectivity index (χ2n) is 5.08. The van der Waals surface area contributed by atoms with Crippen molar-refractivity contribution in [3.05, 3.63) is 50.9 Å². The molecule has 0 fully saturated rings. The van der Waals surface area contributed by atoms with Crippen LogP contribution in [0.3, 0.4) is 0 Å².